The topological polar surface area (TPSA) is 178 Å². The fraction of sp³-hybridized carbons (Fsp3) is 0.458. The van der Waals surface area contributed by atoms with Crippen molar-refractivity contribution in [1.82, 2.24) is 30.8 Å². The zero-order chi connectivity index (χ0) is 45.7. The van der Waals surface area contributed by atoms with E-state index in [-0.39, 0.29) is 41.7 Å². The number of likely N-dealkylation sites (tertiary alicyclic amines) is 1. The first-order chi connectivity index (χ1) is 30.8. The van der Waals surface area contributed by atoms with E-state index in [1.807, 2.05) is 43.0 Å². The van der Waals surface area contributed by atoms with Crippen LogP contribution in [-0.4, -0.2) is 90.2 Å². The van der Waals surface area contributed by atoms with Gasteiger partial charge in [0.2, 0.25) is 17.7 Å². The van der Waals surface area contributed by atoms with Crippen LogP contribution in [0.2, 0.25) is 0 Å². The number of aromatic nitrogens is 2. The predicted octanol–water partition coefficient (Wildman–Crippen LogP) is 7.33. The van der Waals surface area contributed by atoms with E-state index in [4.69, 9.17) is 9.72 Å². The van der Waals surface area contributed by atoms with Gasteiger partial charge >= 0.3 is 12.2 Å². The van der Waals surface area contributed by atoms with Gasteiger partial charge in [0, 0.05) is 24.5 Å². The second-order valence-electron chi connectivity index (χ2n) is 17.5. The molecule has 7 rings (SSSR count). The monoisotopic (exact) mass is 878 g/mol. The Morgan fingerprint density at radius 2 is 1.27 bits per heavy atom. The zero-order valence-electron chi connectivity index (χ0n) is 37.3. The van der Waals surface area contributed by atoms with Crippen LogP contribution >= 0.6 is 0 Å². The van der Waals surface area contributed by atoms with Crippen molar-refractivity contribution in [2.75, 3.05) is 37.1 Å². The van der Waals surface area contributed by atoms with Crippen molar-refractivity contribution in [3.8, 4) is 11.3 Å². The number of alkyl carbamates (subject to hydrolysis) is 2. The molecule has 1 aromatic heterocycles. The normalized spacial score (nSPS) is 20.6. The molecule has 4 heterocycles. The molecule has 3 saturated heterocycles. The van der Waals surface area contributed by atoms with Crippen molar-refractivity contribution >= 4 is 41.3 Å². The van der Waals surface area contributed by atoms with Crippen molar-refractivity contribution in [2.24, 2.45) is 11.8 Å². The maximum Gasteiger partial charge on any atom is 0.407 e. The minimum atomic E-state index is -0.927. The summed E-state index contributed by atoms with van der Waals surface area (Å²) in [5.41, 5.74) is 5.74. The molecule has 3 fully saturated rings. The van der Waals surface area contributed by atoms with Crippen molar-refractivity contribution in [3.63, 3.8) is 0 Å². The number of hydrogen-bond acceptors (Lipinski definition) is 10. The highest BCUT2D eigenvalue weighted by Gasteiger charge is 2.39. The smallest absolute Gasteiger partial charge is 0.407 e. The van der Waals surface area contributed by atoms with Crippen molar-refractivity contribution in [2.45, 2.75) is 102 Å². The first-order valence-electron chi connectivity index (χ1n) is 22.2. The Bertz CT molecular complexity index is 2280. The Balaban J connectivity index is 1.06. The highest BCUT2D eigenvalue weighted by Crippen LogP contribution is 2.47. The van der Waals surface area contributed by atoms with Gasteiger partial charge in [0.1, 0.15) is 29.8 Å². The van der Waals surface area contributed by atoms with Crippen LogP contribution in [0.25, 0.3) is 11.3 Å². The molecule has 6 atom stereocenters. The number of nitrogens with one attached hydrogen (secondary N) is 4. The fourth-order valence-electron chi connectivity index (χ4n) is 9.41. The SMILES string of the molecule is COC(=O)N[C@H](C(=O)NC(=O)[C@@H]1CCCN1c1ccc(C2CCC(c3ccc(-c4cnc([C@@H]5CCCN5C(=O)[C@@H](NC(=O)OC)C(C)C)[nH]4)cc3)N2c2ccc(F)cc2)cc1)C(C)C. The summed E-state index contributed by atoms with van der Waals surface area (Å²) < 4.78 is 23.7. The van der Waals surface area contributed by atoms with E-state index in [0.29, 0.717) is 25.3 Å². The quantitative estimate of drug-likeness (QED) is 0.106. The van der Waals surface area contributed by atoms with Gasteiger partial charge in [-0.15, -0.1) is 0 Å². The molecular weight excluding hydrogens is 820 g/mol. The van der Waals surface area contributed by atoms with Gasteiger partial charge in [0.25, 0.3) is 0 Å². The lowest BCUT2D eigenvalue weighted by Crippen LogP contribution is -2.54. The largest absolute Gasteiger partial charge is 0.453 e. The Morgan fingerprint density at radius 3 is 1.86 bits per heavy atom. The summed E-state index contributed by atoms with van der Waals surface area (Å²) in [5.74, 6) is -1.17. The Hall–Kier alpha value is -6.45. The van der Waals surface area contributed by atoms with Crippen LogP contribution in [0.3, 0.4) is 0 Å². The van der Waals surface area contributed by atoms with Gasteiger partial charge in [-0.3, -0.25) is 19.7 Å². The molecule has 4 aromatic rings. The number of benzene rings is 3. The van der Waals surface area contributed by atoms with Gasteiger partial charge in [0.15, 0.2) is 0 Å². The third-order valence-corrected chi connectivity index (χ3v) is 12.8. The van der Waals surface area contributed by atoms with Gasteiger partial charge in [-0.05, 0) is 103 Å². The minimum Gasteiger partial charge on any atom is -0.453 e. The molecule has 0 saturated carbocycles. The van der Waals surface area contributed by atoms with Crippen LogP contribution in [0.4, 0.5) is 25.4 Å². The zero-order valence-corrected chi connectivity index (χ0v) is 37.3. The van der Waals surface area contributed by atoms with Crippen molar-refractivity contribution in [1.29, 1.82) is 0 Å². The van der Waals surface area contributed by atoms with Gasteiger partial charge in [0.05, 0.1) is 44.2 Å². The van der Waals surface area contributed by atoms with Crippen LogP contribution in [0.1, 0.15) is 101 Å². The Labute approximate surface area is 373 Å². The number of H-pyrrole nitrogens is 1. The van der Waals surface area contributed by atoms with E-state index in [9.17, 15) is 28.4 Å². The highest BCUT2D eigenvalue weighted by molar-refractivity contribution is 6.02. The number of ether oxygens (including phenoxy) is 2. The molecule has 64 heavy (non-hydrogen) atoms. The summed E-state index contributed by atoms with van der Waals surface area (Å²) in [6.45, 7) is 8.56. The number of amides is 5. The van der Waals surface area contributed by atoms with Crippen LogP contribution in [0.15, 0.2) is 79.0 Å². The molecule has 2 unspecified atom stereocenters. The Kier molecular flexibility index (Phi) is 14.2. The molecule has 0 spiro atoms. The maximum absolute atomic E-state index is 14.3. The van der Waals surface area contributed by atoms with Gasteiger partial charge < -0.3 is 39.8 Å². The van der Waals surface area contributed by atoms with Gasteiger partial charge in [-0.1, -0.05) is 64.1 Å². The lowest BCUT2D eigenvalue weighted by molar-refractivity contribution is -0.135. The third-order valence-electron chi connectivity index (χ3n) is 12.8. The number of imide groups is 1. The third kappa shape index (κ3) is 9.85. The summed E-state index contributed by atoms with van der Waals surface area (Å²) in [5, 5.41) is 7.74. The van der Waals surface area contributed by atoms with Crippen LogP contribution in [0.5, 0.6) is 0 Å². The first-order valence-corrected chi connectivity index (χ1v) is 22.2. The number of aromatic amines is 1. The molecule has 3 aromatic carbocycles. The number of imidazole rings is 1. The number of carbonyl (C=O) groups excluding carboxylic acids is 5. The standard InChI is InChI=1S/C48H59FN8O7/c1-28(2)41(52-47(61)63-5)45(59)54-44(58)40-10-8-25-55(40)34-19-15-32(16-20-34)38-24-23-37(57(38)35-21-17-33(49)18-22-35)31-13-11-30(12-14-31)36-27-50-43(51-36)39-9-7-26-56(39)46(60)42(29(3)4)53-48(62)64-6/h11-22,27-29,37-42H,7-10,23-26H2,1-6H3,(H,50,51)(H,52,61)(H,53,62)(H,54,58,59)/t37?,38?,39-,40-,41-,42-/m0/s1. The summed E-state index contributed by atoms with van der Waals surface area (Å²) in [6, 6.07) is 20.7. The molecule has 4 N–H and O–H groups in total. The van der Waals surface area contributed by atoms with Gasteiger partial charge in [-0.25, -0.2) is 19.0 Å². The summed E-state index contributed by atoms with van der Waals surface area (Å²) in [6.07, 6.45) is 5.05. The van der Waals surface area contributed by atoms with E-state index in [0.717, 1.165) is 65.9 Å². The maximum atomic E-state index is 14.3. The molecular formula is C48H59FN8O7. The number of nitrogens with zero attached hydrogens (tertiary/aromatic N) is 4. The lowest BCUT2D eigenvalue weighted by Gasteiger charge is -2.34. The minimum absolute atomic E-state index is 0.000361. The van der Waals surface area contributed by atoms with Crippen LogP contribution in [-0.2, 0) is 23.9 Å². The first kappa shape index (κ1) is 45.6. The van der Waals surface area contributed by atoms with Gasteiger partial charge in [-0.2, -0.15) is 0 Å². The molecule has 3 aliphatic heterocycles. The van der Waals surface area contributed by atoms with E-state index >= 15 is 0 Å². The number of methoxy groups -OCH3 is 2. The number of halogens is 1. The molecule has 0 bridgehead atoms. The number of anilines is 2. The molecule has 340 valence electrons. The average molecular weight is 879 g/mol. The summed E-state index contributed by atoms with van der Waals surface area (Å²) in [4.78, 5) is 78.5. The Morgan fingerprint density at radius 1 is 0.703 bits per heavy atom. The second-order valence-corrected chi connectivity index (χ2v) is 17.5. The van der Waals surface area contributed by atoms with Crippen LogP contribution < -0.4 is 25.8 Å². The number of carbonyl (C=O) groups is 5. The molecule has 5 amide bonds. The molecule has 15 nitrogen and oxygen atoms in total. The summed E-state index contributed by atoms with van der Waals surface area (Å²) in [7, 11) is 2.50. The summed E-state index contributed by atoms with van der Waals surface area (Å²) >= 11 is 0. The molecule has 0 aliphatic carbocycles. The predicted molar refractivity (Wildman–Crippen MR) is 240 cm³/mol. The fourth-order valence-corrected chi connectivity index (χ4v) is 9.41. The van der Waals surface area contributed by atoms with Crippen LogP contribution in [0, 0.1) is 17.7 Å². The average Bonchev–Trinajstić information content (AvgIpc) is 4.14. The molecule has 0 radical (unpaired) electrons. The van der Waals surface area contributed by atoms with Crippen molar-refractivity contribution < 1.29 is 37.8 Å². The molecule has 16 heteroatoms. The van der Waals surface area contributed by atoms with E-state index < -0.39 is 42.1 Å². The van der Waals surface area contributed by atoms with Crippen molar-refractivity contribution in [3.05, 3.63) is 102 Å². The number of rotatable bonds is 13. The van der Waals surface area contributed by atoms with E-state index in [1.165, 1.54) is 26.4 Å². The van der Waals surface area contributed by atoms with E-state index in [1.54, 1.807) is 24.9 Å². The number of hydrogen-bond donors (Lipinski definition) is 4. The highest BCUT2D eigenvalue weighted by atomic mass is 19.1. The lowest BCUT2D eigenvalue weighted by atomic mass is 10.0. The second kappa shape index (κ2) is 19.9. The van der Waals surface area contributed by atoms with E-state index in [2.05, 4.69) is 67.0 Å². The molecule has 3 aliphatic rings.